The Hall–Kier alpha value is -4.31. The summed E-state index contributed by atoms with van der Waals surface area (Å²) in [7, 11) is 2.78. The Labute approximate surface area is 330 Å². The number of nitrogens with one attached hydrogen (secondary N) is 1. The molecule has 1 fully saturated rings. The molecule has 0 unspecified atom stereocenters. The van der Waals surface area contributed by atoms with Crippen molar-refractivity contribution in [1.29, 1.82) is 0 Å². The van der Waals surface area contributed by atoms with E-state index in [1.54, 1.807) is 6.07 Å². The zero-order valence-corrected chi connectivity index (χ0v) is 35.4. The molecule has 0 saturated heterocycles. The third kappa shape index (κ3) is 9.44. The first-order valence-electron chi connectivity index (χ1n) is 19.7. The molecule has 0 amide bonds. The second kappa shape index (κ2) is 18.3. The summed E-state index contributed by atoms with van der Waals surface area (Å²) in [6.07, 6.45) is 4.95. The average Bonchev–Trinajstić information content (AvgIpc) is 3.92. The highest BCUT2D eigenvalue weighted by Gasteiger charge is 2.44. The summed E-state index contributed by atoms with van der Waals surface area (Å²) in [5, 5.41) is 1.04. The van der Waals surface area contributed by atoms with Crippen LogP contribution in [0.4, 0.5) is 8.78 Å². The topological polar surface area (TPSA) is 103 Å². The Kier molecular flexibility index (Phi) is 14.0. The number of carbonyl (C=O) groups is 1. The predicted octanol–water partition coefficient (Wildman–Crippen LogP) is 9.40. The molecule has 302 valence electrons. The van der Waals surface area contributed by atoms with Crippen LogP contribution in [0.1, 0.15) is 85.6 Å². The molecule has 3 aromatic carbocycles. The van der Waals surface area contributed by atoms with E-state index in [0.29, 0.717) is 45.1 Å². The first kappa shape index (κ1) is 42.8. The Morgan fingerprint density at radius 1 is 1.00 bits per heavy atom. The van der Waals surface area contributed by atoms with E-state index in [0.717, 1.165) is 51.3 Å². The third-order valence-corrected chi connectivity index (χ3v) is 17.7. The minimum atomic E-state index is -2.16. The number of halogens is 2. The van der Waals surface area contributed by atoms with Gasteiger partial charge in [0, 0.05) is 42.0 Å². The fourth-order valence-electron chi connectivity index (χ4n) is 8.35. The second-order valence-corrected chi connectivity index (χ2v) is 21.9. The molecule has 0 atom stereocenters. The van der Waals surface area contributed by atoms with Crippen molar-refractivity contribution in [3.05, 3.63) is 63.9 Å². The molecule has 0 radical (unpaired) electrons. The van der Waals surface area contributed by atoms with Crippen LogP contribution in [-0.4, -0.2) is 76.7 Å². The van der Waals surface area contributed by atoms with E-state index in [-0.39, 0.29) is 52.8 Å². The van der Waals surface area contributed by atoms with Crippen LogP contribution in [0, 0.1) is 28.5 Å². The number of ether oxygens (including phenoxy) is 4. The van der Waals surface area contributed by atoms with Crippen molar-refractivity contribution in [2.45, 2.75) is 96.7 Å². The van der Waals surface area contributed by atoms with Crippen molar-refractivity contribution in [1.82, 2.24) is 14.9 Å². The molecule has 5 rings (SSSR count). The van der Waals surface area contributed by atoms with Gasteiger partial charge in [0.25, 0.3) is 11.6 Å². The predicted molar refractivity (Wildman–Crippen MR) is 221 cm³/mol. The number of fused-ring (bicyclic) bond motifs is 2. The number of nitrogens with zero attached hydrogens (tertiary/aromatic N) is 2. The van der Waals surface area contributed by atoms with Gasteiger partial charge < -0.3 is 23.8 Å². The van der Waals surface area contributed by atoms with E-state index in [2.05, 4.69) is 74.9 Å². The lowest BCUT2D eigenvalue weighted by atomic mass is 9.93. The smallest absolute Gasteiger partial charge is 0.305 e. The maximum atomic E-state index is 17.0. The van der Waals surface area contributed by atoms with Gasteiger partial charge in [0.2, 0.25) is 0 Å². The summed E-state index contributed by atoms with van der Waals surface area (Å²) < 4.78 is 55.0. The first-order valence-corrected chi connectivity index (χ1v) is 21.9. The fourth-order valence-corrected chi connectivity index (χ4v) is 13.6. The molecule has 1 aliphatic carbocycles. The number of esters is 1. The molecule has 0 bridgehead atoms. The van der Waals surface area contributed by atoms with Crippen molar-refractivity contribution in [3.63, 3.8) is 0 Å². The molecule has 1 aromatic heterocycles. The van der Waals surface area contributed by atoms with E-state index in [1.165, 1.54) is 14.2 Å². The van der Waals surface area contributed by atoms with Gasteiger partial charge in [-0.05, 0) is 85.6 Å². The Morgan fingerprint density at radius 3 is 2.36 bits per heavy atom. The number of unbranched alkanes of at least 4 members (excludes halogenated alkanes) is 2. The second-order valence-electron chi connectivity index (χ2n) is 16.3. The lowest BCUT2D eigenvalue weighted by Crippen LogP contribution is -2.43. The van der Waals surface area contributed by atoms with Crippen LogP contribution in [0.25, 0.3) is 32.8 Å². The monoisotopic (exact) mass is 789 g/mol. The Balaban J connectivity index is 1.51. The van der Waals surface area contributed by atoms with Gasteiger partial charge in [-0.15, -0.1) is 5.54 Å². The number of hydrogen-bond donors (Lipinski definition) is 1. The maximum absolute atomic E-state index is 17.0. The third-order valence-electron chi connectivity index (χ3n) is 11.4. The average molecular weight is 790 g/mol. The van der Waals surface area contributed by atoms with Gasteiger partial charge in [-0.3, -0.25) is 14.6 Å². The number of aromatic nitrogens is 2. The molecule has 0 spiro atoms. The highest BCUT2D eigenvalue weighted by molar-refractivity contribution is 6.90. The summed E-state index contributed by atoms with van der Waals surface area (Å²) in [5.74, 6) is 1.78. The number of benzene rings is 3. The lowest BCUT2D eigenvalue weighted by molar-refractivity contribution is -0.140. The van der Waals surface area contributed by atoms with Gasteiger partial charge in [-0.25, -0.2) is 8.78 Å². The van der Waals surface area contributed by atoms with Crippen LogP contribution in [0.3, 0.4) is 0 Å². The summed E-state index contributed by atoms with van der Waals surface area (Å²) in [5.41, 5.74) is 4.36. The highest BCUT2D eigenvalue weighted by Crippen LogP contribution is 2.46. The van der Waals surface area contributed by atoms with E-state index >= 15 is 8.78 Å². The van der Waals surface area contributed by atoms with Crippen molar-refractivity contribution < 1.29 is 32.5 Å². The number of hydrogen-bond acceptors (Lipinski definition) is 8. The standard InChI is InChI=1S/C44H57F2N3O6Si/c1-28(2)56(29(3)4,30(5)6)21-17-31-14-13-15-32-22-33(55-27-52-8)23-34(38(31)32)39-36(45)24-35-41(40(39)46)47-43(48-42(35)51)54-26-44(18-19-44)25-49(7)20-12-10-11-16-37(50)53-9/h13-15,22-24,28-30H,10-12,16,18-20,25-27H2,1-9H3,(H,47,48,51). The number of rotatable bonds is 18. The fraction of sp³-hybridized carbons (Fsp3) is 0.523. The molecule has 56 heavy (non-hydrogen) atoms. The van der Waals surface area contributed by atoms with E-state index in [4.69, 9.17) is 18.9 Å². The lowest BCUT2D eigenvalue weighted by Gasteiger charge is -2.38. The first-order chi connectivity index (χ1) is 26.7. The van der Waals surface area contributed by atoms with Crippen LogP contribution in [0.15, 0.2) is 41.2 Å². The van der Waals surface area contributed by atoms with Gasteiger partial charge >= 0.3 is 5.97 Å². The van der Waals surface area contributed by atoms with E-state index in [9.17, 15) is 9.59 Å². The summed E-state index contributed by atoms with van der Waals surface area (Å²) in [6.45, 7) is 15.3. The molecule has 1 N–H and O–H groups in total. The van der Waals surface area contributed by atoms with Gasteiger partial charge in [0.15, 0.2) is 12.6 Å². The van der Waals surface area contributed by atoms with E-state index in [1.807, 2.05) is 24.3 Å². The number of aromatic amines is 1. The number of methoxy groups -OCH3 is 2. The Bertz CT molecular complexity index is 2130. The van der Waals surface area contributed by atoms with Crippen LogP contribution in [0.2, 0.25) is 16.6 Å². The van der Waals surface area contributed by atoms with Crippen LogP contribution in [-0.2, 0) is 14.3 Å². The maximum Gasteiger partial charge on any atom is 0.305 e. The molecule has 1 aliphatic rings. The van der Waals surface area contributed by atoms with Crippen molar-refractivity contribution in [2.24, 2.45) is 5.41 Å². The SMILES string of the molecule is COCOc1cc(-c2c(F)cc3c(=O)[nH]c(OCC4(CN(C)CCCCCC(=O)OC)CC4)nc3c2F)c2c(C#C[Si](C(C)C)(C(C)C)C(C)C)cccc2c1. The minimum Gasteiger partial charge on any atom is -0.469 e. The molecule has 12 heteroatoms. The number of carbonyl (C=O) groups excluding carboxylic acids is 1. The largest absolute Gasteiger partial charge is 0.469 e. The van der Waals surface area contributed by atoms with Crippen LogP contribution >= 0.6 is 0 Å². The highest BCUT2D eigenvalue weighted by atomic mass is 28.3. The van der Waals surface area contributed by atoms with Gasteiger partial charge in [-0.1, -0.05) is 66.0 Å². The Morgan fingerprint density at radius 2 is 1.71 bits per heavy atom. The molecule has 1 saturated carbocycles. The van der Waals surface area contributed by atoms with Crippen molar-refractivity contribution in [3.8, 4) is 34.4 Å². The van der Waals surface area contributed by atoms with Gasteiger partial charge in [-0.2, -0.15) is 4.98 Å². The number of H-pyrrole nitrogens is 1. The summed E-state index contributed by atoms with van der Waals surface area (Å²) >= 11 is 0. The summed E-state index contributed by atoms with van der Waals surface area (Å²) in [4.78, 5) is 33.9. The van der Waals surface area contributed by atoms with Gasteiger partial charge in [0.1, 0.15) is 25.2 Å². The van der Waals surface area contributed by atoms with Crippen LogP contribution in [0.5, 0.6) is 11.8 Å². The van der Waals surface area contributed by atoms with Crippen molar-refractivity contribution in [2.75, 3.05) is 47.8 Å². The van der Waals surface area contributed by atoms with E-state index < -0.39 is 25.3 Å². The molecule has 1 heterocycles. The molecule has 4 aromatic rings. The zero-order valence-electron chi connectivity index (χ0n) is 34.4. The molecule has 9 nitrogen and oxygen atoms in total. The molecular weight excluding hydrogens is 733 g/mol. The minimum absolute atomic E-state index is 0.0651. The van der Waals surface area contributed by atoms with Crippen LogP contribution < -0.4 is 15.0 Å². The van der Waals surface area contributed by atoms with Gasteiger partial charge in [0.05, 0.1) is 24.7 Å². The molecule has 0 aliphatic heterocycles. The van der Waals surface area contributed by atoms with Crippen molar-refractivity contribution >= 4 is 35.7 Å². The quantitative estimate of drug-likeness (QED) is 0.0350. The zero-order chi connectivity index (χ0) is 40.8. The molecular formula is C44H57F2N3O6Si. The summed E-state index contributed by atoms with van der Waals surface area (Å²) in [6, 6.07) is 9.94. The normalized spacial score (nSPS) is 13.8.